The van der Waals surface area contributed by atoms with E-state index in [1.54, 1.807) is 38.1 Å². The summed E-state index contributed by atoms with van der Waals surface area (Å²) < 4.78 is 0. The number of nitrogens with one attached hydrogen (secondary N) is 5. The molecule has 1 aliphatic heterocycles. The monoisotopic (exact) mass is 780 g/mol. The van der Waals surface area contributed by atoms with Crippen molar-refractivity contribution in [1.82, 2.24) is 31.5 Å². The number of amides is 7. The second-order valence-electron chi connectivity index (χ2n) is 14.9. The van der Waals surface area contributed by atoms with Crippen LogP contribution in [0.25, 0.3) is 0 Å². The Labute approximate surface area is 326 Å². The van der Waals surface area contributed by atoms with Gasteiger partial charge in [-0.3, -0.25) is 33.6 Å². The number of carbonyl (C=O) groups excluding carboxylic acids is 7. The molecule has 1 saturated heterocycles. The van der Waals surface area contributed by atoms with Crippen LogP contribution in [-0.4, -0.2) is 106 Å². The maximum absolute atomic E-state index is 13.8. The lowest BCUT2D eigenvalue weighted by Crippen LogP contribution is -2.58. The van der Waals surface area contributed by atoms with Crippen molar-refractivity contribution >= 4 is 41.4 Å². The fraction of sp³-hybridized carbons (Fsp3) is 0.513. The Morgan fingerprint density at radius 3 is 1.84 bits per heavy atom. The smallest absolute Gasteiger partial charge is 0.245 e. The van der Waals surface area contributed by atoms with E-state index in [4.69, 9.17) is 11.5 Å². The molecule has 0 radical (unpaired) electrons. The number of hydrogen-bond donors (Lipinski definition) is 9. The third-order valence-electron chi connectivity index (χ3n) is 9.36. The molecule has 0 bridgehead atoms. The van der Waals surface area contributed by atoms with Crippen LogP contribution < -0.4 is 38.1 Å². The van der Waals surface area contributed by atoms with Gasteiger partial charge in [0.2, 0.25) is 41.4 Å². The van der Waals surface area contributed by atoms with Crippen LogP contribution in [-0.2, 0) is 46.4 Å². The molecule has 306 valence electrons. The van der Waals surface area contributed by atoms with Crippen LogP contribution in [0, 0.1) is 11.8 Å². The summed E-state index contributed by atoms with van der Waals surface area (Å²) in [6.45, 7) is 8.29. The number of likely N-dealkylation sites (tertiary alicyclic amines) is 1. The van der Waals surface area contributed by atoms with Crippen molar-refractivity contribution < 1.29 is 43.8 Å². The first kappa shape index (κ1) is 44.7. The van der Waals surface area contributed by atoms with Gasteiger partial charge in [-0.1, -0.05) is 52.0 Å². The van der Waals surface area contributed by atoms with Crippen LogP contribution >= 0.6 is 0 Å². The molecule has 3 rings (SSSR count). The van der Waals surface area contributed by atoms with Crippen LogP contribution in [0.3, 0.4) is 0 Å². The lowest BCUT2D eigenvalue weighted by atomic mass is 10.00. The van der Waals surface area contributed by atoms with Gasteiger partial charge in [0.15, 0.2) is 0 Å². The van der Waals surface area contributed by atoms with Gasteiger partial charge in [0.25, 0.3) is 0 Å². The van der Waals surface area contributed by atoms with Crippen molar-refractivity contribution in [3.8, 4) is 11.5 Å². The molecule has 11 N–H and O–H groups in total. The van der Waals surface area contributed by atoms with Crippen LogP contribution in [0.15, 0.2) is 48.5 Å². The zero-order chi connectivity index (χ0) is 41.7. The van der Waals surface area contributed by atoms with Crippen LogP contribution in [0.1, 0.15) is 65.0 Å². The molecule has 0 saturated carbocycles. The predicted molar refractivity (Wildman–Crippen MR) is 206 cm³/mol. The van der Waals surface area contributed by atoms with E-state index in [9.17, 15) is 43.8 Å². The molecule has 0 aromatic heterocycles. The summed E-state index contributed by atoms with van der Waals surface area (Å²) in [6, 6.07) is 6.01. The molecule has 2 aromatic carbocycles. The fourth-order valence-corrected chi connectivity index (χ4v) is 6.27. The Balaban J connectivity index is 1.65. The van der Waals surface area contributed by atoms with Crippen molar-refractivity contribution in [3.63, 3.8) is 0 Å². The summed E-state index contributed by atoms with van der Waals surface area (Å²) in [5, 5.41) is 32.2. The number of rotatable bonds is 19. The highest BCUT2D eigenvalue weighted by atomic mass is 16.3. The van der Waals surface area contributed by atoms with Gasteiger partial charge < -0.3 is 53.2 Å². The van der Waals surface area contributed by atoms with E-state index in [2.05, 4.69) is 26.6 Å². The SMILES string of the molecule is CC(C)C[C@H](NC(=O)[C@H](Cc1ccc(O)cc1)NC(=O)CNC(=O)[C@H](NC(=O)[C@H](C)NC(=O)[C@H](N)Cc1ccc(O)cc1)C(C)C)C(=O)N1CCC[C@H]1C(N)=O. The standard InChI is InChI=1S/C39H56N8O9/c1-21(2)17-30(39(56)47-16-6-7-31(47)34(41)51)45-37(54)29(19-25-10-14-27(49)15-11-25)44-32(50)20-42-38(55)33(22(3)4)46-35(52)23(5)43-36(53)28(40)18-24-8-12-26(48)13-9-24/h8-15,21-23,28-31,33,48-49H,6-7,16-20,40H2,1-5H3,(H2,41,51)(H,42,55)(H,43,53)(H,44,50)(H,45,54)(H,46,52)/t23-,28+,29-,30-,31-,33+/m0/s1. The summed E-state index contributed by atoms with van der Waals surface area (Å²) in [4.78, 5) is 93.1. The quantitative estimate of drug-likeness (QED) is 0.0879. The molecule has 17 nitrogen and oxygen atoms in total. The van der Waals surface area contributed by atoms with E-state index in [1.807, 2.05) is 13.8 Å². The Kier molecular flexibility index (Phi) is 16.6. The largest absolute Gasteiger partial charge is 0.508 e. The fourth-order valence-electron chi connectivity index (χ4n) is 6.27. The summed E-state index contributed by atoms with van der Waals surface area (Å²) >= 11 is 0. The Hall–Kier alpha value is -5.71. The first-order chi connectivity index (χ1) is 26.4. The summed E-state index contributed by atoms with van der Waals surface area (Å²) in [6.07, 6.45) is 1.38. The molecule has 56 heavy (non-hydrogen) atoms. The maximum atomic E-state index is 13.8. The highest BCUT2D eigenvalue weighted by Gasteiger charge is 2.38. The Bertz CT molecular complexity index is 1700. The van der Waals surface area contributed by atoms with E-state index in [0.29, 0.717) is 30.5 Å². The van der Waals surface area contributed by atoms with Gasteiger partial charge in [-0.2, -0.15) is 0 Å². The van der Waals surface area contributed by atoms with Gasteiger partial charge in [0.1, 0.15) is 41.7 Å². The molecule has 0 spiro atoms. The van der Waals surface area contributed by atoms with E-state index in [-0.39, 0.29) is 36.7 Å². The lowest BCUT2D eigenvalue weighted by Gasteiger charge is -2.30. The number of nitrogens with two attached hydrogens (primary N) is 2. The minimum absolute atomic E-state index is 0.00327. The first-order valence-electron chi connectivity index (χ1n) is 18.8. The van der Waals surface area contributed by atoms with Crippen molar-refractivity contribution in [3.05, 3.63) is 59.7 Å². The predicted octanol–water partition coefficient (Wildman–Crippen LogP) is -0.536. The Morgan fingerprint density at radius 1 is 0.732 bits per heavy atom. The van der Waals surface area contributed by atoms with Crippen molar-refractivity contribution in [1.29, 1.82) is 0 Å². The van der Waals surface area contributed by atoms with Crippen molar-refractivity contribution in [2.24, 2.45) is 23.3 Å². The zero-order valence-corrected chi connectivity index (χ0v) is 32.5. The minimum atomic E-state index is -1.22. The second-order valence-corrected chi connectivity index (χ2v) is 14.9. The van der Waals surface area contributed by atoms with Crippen LogP contribution in [0.5, 0.6) is 11.5 Å². The number of nitrogens with zero attached hydrogens (tertiary/aromatic N) is 1. The molecule has 1 aliphatic rings. The lowest BCUT2D eigenvalue weighted by molar-refractivity contribution is -0.141. The molecule has 6 atom stereocenters. The number of hydrogen-bond acceptors (Lipinski definition) is 10. The topological polar surface area (TPSA) is 275 Å². The summed E-state index contributed by atoms with van der Waals surface area (Å²) in [5.41, 5.74) is 12.9. The number of carbonyl (C=O) groups is 7. The third-order valence-corrected chi connectivity index (χ3v) is 9.36. The van der Waals surface area contributed by atoms with Crippen molar-refractivity contribution in [2.75, 3.05) is 13.1 Å². The highest BCUT2D eigenvalue weighted by Crippen LogP contribution is 2.20. The average Bonchev–Trinajstić information content (AvgIpc) is 3.64. The Morgan fingerprint density at radius 2 is 1.30 bits per heavy atom. The molecule has 2 aromatic rings. The van der Waals surface area contributed by atoms with Gasteiger partial charge in [0, 0.05) is 13.0 Å². The number of phenols is 2. The van der Waals surface area contributed by atoms with Crippen LogP contribution in [0.4, 0.5) is 0 Å². The number of benzene rings is 2. The van der Waals surface area contributed by atoms with Gasteiger partial charge in [-0.15, -0.1) is 0 Å². The third kappa shape index (κ3) is 13.5. The highest BCUT2D eigenvalue weighted by molar-refractivity contribution is 5.96. The molecule has 17 heteroatoms. The molecule has 1 heterocycles. The van der Waals surface area contributed by atoms with Gasteiger partial charge in [-0.05, 0) is 79.8 Å². The van der Waals surface area contributed by atoms with E-state index in [1.165, 1.54) is 36.1 Å². The molecular weight excluding hydrogens is 724 g/mol. The second kappa shape index (κ2) is 20.8. The first-order valence-corrected chi connectivity index (χ1v) is 18.8. The minimum Gasteiger partial charge on any atom is -0.508 e. The molecule has 7 amide bonds. The van der Waals surface area contributed by atoms with E-state index < -0.39 is 90.1 Å². The van der Waals surface area contributed by atoms with E-state index >= 15 is 0 Å². The summed E-state index contributed by atoms with van der Waals surface area (Å²) in [7, 11) is 0. The van der Waals surface area contributed by atoms with E-state index in [0.717, 1.165) is 0 Å². The molecule has 0 unspecified atom stereocenters. The molecule has 1 fully saturated rings. The van der Waals surface area contributed by atoms with Gasteiger partial charge in [-0.25, -0.2) is 0 Å². The van der Waals surface area contributed by atoms with Gasteiger partial charge >= 0.3 is 0 Å². The number of primary amides is 1. The molecule has 0 aliphatic carbocycles. The van der Waals surface area contributed by atoms with Crippen molar-refractivity contribution in [2.45, 2.75) is 103 Å². The van der Waals surface area contributed by atoms with Gasteiger partial charge in [0.05, 0.1) is 12.6 Å². The number of aromatic hydroxyl groups is 2. The maximum Gasteiger partial charge on any atom is 0.245 e. The summed E-state index contributed by atoms with van der Waals surface area (Å²) in [5.74, 6) is -4.86. The zero-order valence-electron chi connectivity index (χ0n) is 32.5. The normalized spacial score (nSPS) is 16.6. The molecular formula is C39H56N8O9. The van der Waals surface area contributed by atoms with Crippen LogP contribution in [0.2, 0.25) is 0 Å². The average molecular weight is 781 g/mol. The number of phenolic OH excluding ortho intramolecular Hbond substituents is 2.